The van der Waals surface area contributed by atoms with Crippen LogP contribution in [-0.2, 0) is 11.3 Å². The van der Waals surface area contributed by atoms with E-state index in [1.807, 2.05) is 37.4 Å². The molecule has 0 spiro atoms. The Morgan fingerprint density at radius 2 is 2.05 bits per heavy atom. The van der Waals surface area contributed by atoms with Crippen molar-refractivity contribution in [3.63, 3.8) is 0 Å². The third-order valence-corrected chi connectivity index (χ3v) is 3.41. The molecule has 0 radical (unpaired) electrons. The van der Waals surface area contributed by atoms with Crippen LogP contribution in [0.15, 0.2) is 48.8 Å². The van der Waals surface area contributed by atoms with Crippen LogP contribution in [-0.4, -0.2) is 15.4 Å². The Hall–Kier alpha value is -2.33. The molecule has 2 heterocycles. The number of carbonyl (C=O) groups is 1. The fourth-order valence-electron chi connectivity index (χ4n) is 2.04. The highest BCUT2D eigenvalue weighted by atomic mass is 35.5. The maximum absolute atomic E-state index is 12.1. The molecule has 21 heavy (non-hydrogen) atoms. The molecule has 3 aromatic rings. The number of hydrogen-bond donors (Lipinski definition) is 0. The molecule has 106 valence electrons. The smallest absolute Gasteiger partial charge is 0.357 e. The summed E-state index contributed by atoms with van der Waals surface area (Å²) in [6.07, 6.45) is 3.34. The highest BCUT2D eigenvalue weighted by molar-refractivity contribution is 6.30. The zero-order chi connectivity index (χ0) is 14.8. The van der Waals surface area contributed by atoms with E-state index in [2.05, 4.69) is 4.98 Å². The van der Waals surface area contributed by atoms with Crippen LogP contribution in [0.1, 0.15) is 21.6 Å². The van der Waals surface area contributed by atoms with Crippen molar-refractivity contribution in [1.29, 1.82) is 0 Å². The van der Waals surface area contributed by atoms with Crippen LogP contribution in [0.2, 0.25) is 5.02 Å². The van der Waals surface area contributed by atoms with Crippen molar-refractivity contribution in [2.24, 2.45) is 0 Å². The summed E-state index contributed by atoms with van der Waals surface area (Å²) in [6.45, 7) is 2.18. The topological polar surface area (TPSA) is 43.6 Å². The van der Waals surface area contributed by atoms with Crippen molar-refractivity contribution in [2.75, 3.05) is 0 Å². The number of nitrogens with zero attached hydrogens (tertiary/aromatic N) is 2. The third kappa shape index (κ3) is 2.90. The molecule has 0 N–H and O–H groups in total. The van der Waals surface area contributed by atoms with Crippen molar-refractivity contribution >= 4 is 23.2 Å². The first kappa shape index (κ1) is 13.6. The lowest BCUT2D eigenvalue weighted by atomic mass is 10.2. The number of rotatable bonds is 3. The molecule has 0 saturated heterocycles. The highest BCUT2D eigenvalue weighted by Crippen LogP contribution is 2.13. The van der Waals surface area contributed by atoms with Gasteiger partial charge >= 0.3 is 5.97 Å². The molecular formula is C16H13ClN2O2. The maximum Gasteiger partial charge on any atom is 0.357 e. The van der Waals surface area contributed by atoms with Crippen LogP contribution in [0.4, 0.5) is 0 Å². The summed E-state index contributed by atoms with van der Waals surface area (Å²) in [5.74, 6) is -0.402. The van der Waals surface area contributed by atoms with E-state index in [1.165, 1.54) is 6.20 Å². The number of carbonyl (C=O) groups excluding carboxylic acids is 1. The Kier molecular flexibility index (Phi) is 3.62. The molecule has 1 aromatic carbocycles. The van der Waals surface area contributed by atoms with Crippen LogP contribution in [0, 0.1) is 6.92 Å². The molecule has 0 bridgehead atoms. The molecule has 0 atom stereocenters. The monoisotopic (exact) mass is 300 g/mol. The van der Waals surface area contributed by atoms with Crippen LogP contribution >= 0.6 is 11.6 Å². The fraction of sp³-hybridized carbons (Fsp3) is 0.125. The minimum atomic E-state index is -0.402. The lowest BCUT2D eigenvalue weighted by Gasteiger charge is -2.05. The van der Waals surface area contributed by atoms with E-state index < -0.39 is 5.97 Å². The summed E-state index contributed by atoms with van der Waals surface area (Å²) >= 11 is 5.81. The molecule has 4 nitrogen and oxygen atoms in total. The standard InChI is InChI=1S/C16H13ClN2O2/c1-11-6-7-19-14(9-18-15(19)8-11)16(20)21-10-12-2-4-13(17)5-3-12/h2-9H,10H2,1H3. The first-order valence-corrected chi connectivity index (χ1v) is 6.86. The zero-order valence-corrected chi connectivity index (χ0v) is 12.2. The predicted octanol–water partition coefficient (Wildman–Crippen LogP) is 3.65. The van der Waals surface area contributed by atoms with Gasteiger partial charge < -0.3 is 4.74 Å². The molecule has 0 aliphatic rings. The van der Waals surface area contributed by atoms with E-state index in [-0.39, 0.29) is 6.61 Å². The molecule has 0 unspecified atom stereocenters. The van der Waals surface area contributed by atoms with Crippen LogP contribution < -0.4 is 0 Å². The number of ether oxygens (including phenoxy) is 1. The van der Waals surface area contributed by atoms with Gasteiger partial charge in [-0.3, -0.25) is 4.40 Å². The highest BCUT2D eigenvalue weighted by Gasteiger charge is 2.13. The number of hydrogen-bond acceptors (Lipinski definition) is 3. The number of aromatic nitrogens is 2. The summed E-state index contributed by atoms with van der Waals surface area (Å²) in [5.41, 5.74) is 3.12. The van der Waals surface area contributed by atoms with Gasteiger partial charge in [-0.05, 0) is 42.3 Å². The lowest BCUT2D eigenvalue weighted by Crippen LogP contribution is -2.08. The van der Waals surface area contributed by atoms with Crippen LogP contribution in [0.3, 0.4) is 0 Å². The molecule has 0 saturated carbocycles. The van der Waals surface area contributed by atoms with Gasteiger partial charge in [-0.2, -0.15) is 0 Å². The first-order chi connectivity index (χ1) is 10.1. The minimum Gasteiger partial charge on any atom is -0.456 e. The maximum atomic E-state index is 12.1. The van der Waals surface area contributed by atoms with Crippen molar-refractivity contribution in [3.05, 3.63) is 70.6 Å². The number of benzene rings is 1. The Morgan fingerprint density at radius 1 is 1.29 bits per heavy atom. The van der Waals surface area contributed by atoms with Gasteiger partial charge in [0.15, 0.2) is 5.69 Å². The van der Waals surface area contributed by atoms with E-state index in [4.69, 9.17) is 16.3 Å². The number of halogens is 1. The van der Waals surface area contributed by atoms with Crippen molar-refractivity contribution in [1.82, 2.24) is 9.38 Å². The molecule has 0 aliphatic carbocycles. The van der Waals surface area contributed by atoms with Crippen LogP contribution in [0.25, 0.3) is 5.65 Å². The minimum absolute atomic E-state index is 0.203. The van der Waals surface area contributed by atoms with E-state index in [1.54, 1.807) is 16.5 Å². The molecule has 3 rings (SSSR count). The van der Waals surface area contributed by atoms with Gasteiger partial charge in [-0.1, -0.05) is 23.7 Å². The summed E-state index contributed by atoms with van der Waals surface area (Å²) < 4.78 is 7.03. The average molecular weight is 301 g/mol. The largest absolute Gasteiger partial charge is 0.456 e. The van der Waals surface area contributed by atoms with Crippen molar-refractivity contribution < 1.29 is 9.53 Å². The summed E-state index contributed by atoms with van der Waals surface area (Å²) in [6, 6.07) is 11.0. The summed E-state index contributed by atoms with van der Waals surface area (Å²) in [7, 11) is 0. The van der Waals surface area contributed by atoms with E-state index >= 15 is 0 Å². The van der Waals surface area contributed by atoms with Gasteiger partial charge in [0.25, 0.3) is 0 Å². The summed E-state index contributed by atoms with van der Waals surface area (Å²) in [4.78, 5) is 16.3. The second kappa shape index (κ2) is 5.58. The second-order valence-electron chi connectivity index (χ2n) is 4.78. The predicted molar refractivity (Wildman–Crippen MR) is 80.5 cm³/mol. The Morgan fingerprint density at radius 3 is 2.81 bits per heavy atom. The van der Waals surface area contributed by atoms with Crippen molar-refractivity contribution in [3.8, 4) is 0 Å². The van der Waals surface area contributed by atoms with Gasteiger partial charge in [0, 0.05) is 11.2 Å². The normalized spacial score (nSPS) is 10.8. The Labute approximate surface area is 126 Å². The molecule has 0 aliphatic heterocycles. The van der Waals surface area contributed by atoms with Gasteiger partial charge in [0.05, 0.1) is 6.20 Å². The molecular weight excluding hydrogens is 288 g/mol. The number of pyridine rings is 1. The number of esters is 1. The first-order valence-electron chi connectivity index (χ1n) is 6.49. The molecule has 2 aromatic heterocycles. The average Bonchev–Trinajstić information content (AvgIpc) is 2.89. The Bertz CT molecular complexity index is 794. The number of fused-ring (bicyclic) bond motifs is 1. The Balaban J connectivity index is 1.76. The zero-order valence-electron chi connectivity index (χ0n) is 11.4. The fourth-order valence-corrected chi connectivity index (χ4v) is 2.16. The summed E-state index contributed by atoms with van der Waals surface area (Å²) in [5, 5.41) is 0.655. The number of imidazole rings is 1. The van der Waals surface area contributed by atoms with E-state index in [0.717, 1.165) is 16.8 Å². The lowest BCUT2D eigenvalue weighted by molar-refractivity contribution is 0.0464. The van der Waals surface area contributed by atoms with Gasteiger partial charge in [-0.25, -0.2) is 9.78 Å². The van der Waals surface area contributed by atoms with Gasteiger partial charge in [0.2, 0.25) is 0 Å². The number of aryl methyl sites for hydroxylation is 1. The molecule has 0 amide bonds. The van der Waals surface area contributed by atoms with Crippen LogP contribution in [0.5, 0.6) is 0 Å². The quantitative estimate of drug-likeness (QED) is 0.693. The van der Waals surface area contributed by atoms with E-state index in [0.29, 0.717) is 10.7 Å². The van der Waals surface area contributed by atoms with Crippen molar-refractivity contribution in [2.45, 2.75) is 13.5 Å². The van der Waals surface area contributed by atoms with Gasteiger partial charge in [-0.15, -0.1) is 0 Å². The van der Waals surface area contributed by atoms with Gasteiger partial charge in [0.1, 0.15) is 12.3 Å². The van der Waals surface area contributed by atoms with E-state index in [9.17, 15) is 4.79 Å². The molecule has 0 fully saturated rings. The SMILES string of the molecule is Cc1ccn2c(C(=O)OCc3ccc(Cl)cc3)cnc2c1. The third-order valence-electron chi connectivity index (χ3n) is 3.16. The molecule has 5 heteroatoms. The second-order valence-corrected chi connectivity index (χ2v) is 5.21.